The molecule has 110 valence electrons. The summed E-state index contributed by atoms with van der Waals surface area (Å²) in [6.45, 7) is 1.22. The van der Waals surface area contributed by atoms with Gasteiger partial charge in [-0.05, 0) is 6.92 Å². The van der Waals surface area contributed by atoms with E-state index in [1.54, 1.807) is 13.0 Å². The summed E-state index contributed by atoms with van der Waals surface area (Å²) in [5.74, 6) is 0. The number of H-pyrrole nitrogens is 1. The Balaban J connectivity index is 2.46. The van der Waals surface area contributed by atoms with Crippen molar-refractivity contribution in [2.45, 2.75) is 31.5 Å². The molecule has 0 saturated carbocycles. The highest BCUT2D eigenvalue weighted by Gasteiger charge is 2.43. The van der Waals surface area contributed by atoms with E-state index in [1.807, 2.05) is 0 Å². The number of aliphatic hydroxyl groups is 3. The van der Waals surface area contributed by atoms with E-state index in [2.05, 4.69) is 4.98 Å². The van der Waals surface area contributed by atoms with E-state index in [0.29, 0.717) is 0 Å². The number of aliphatic hydroxyl groups excluding tert-OH is 3. The first kappa shape index (κ1) is 14.7. The Morgan fingerprint density at radius 1 is 1.40 bits per heavy atom. The van der Waals surface area contributed by atoms with Crippen LogP contribution in [0.4, 0.5) is 0 Å². The molecule has 1 saturated heterocycles. The van der Waals surface area contributed by atoms with Crippen LogP contribution in [0.2, 0.25) is 0 Å². The summed E-state index contributed by atoms with van der Waals surface area (Å²) in [7, 11) is 0. The number of ether oxygens (including phenoxy) is 1. The number of allylic oxidation sites excluding steroid dienone is 1. The SMILES string of the molecule is C/C=C/c1cn([C@@H]2O[C@H](CO)[C@@H](O)[C@@H]2O)c(=O)[nH]c1=O. The molecule has 1 aliphatic rings. The van der Waals surface area contributed by atoms with E-state index < -0.39 is 42.4 Å². The molecule has 4 atom stereocenters. The van der Waals surface area contributed by atoms with Crippen molar-refractivity contribution in [3.8, 4) is 0 Å². The highest BCUT2D eigenvalue weighted by atomic mass is 16.6. The number of nitrogens with zero attached hydrogens (tertiary/aromatic N) is 1. The summed E-state index contributed by atoms with van der Waals surface area (Å²) in [6, 6.07) is 0. The molecule has 0 spiro atoms. The summed E-state index contributed by atoms with van der Waals surface area (Å²) in [4.78, 5) is 25.4. The topological polar surface area (TPSA) is 125 Å². The molecular formula is C12H16N2O6. The van der Waals surface area contributed by atoms with E-state index in [1.165, 1.54) is 12.3 Å². The zero-order valence-electron chi connectivity index (χ0n) is 10.8. The molecule has 0 aromatic carbocycles. The van der Waals surface area contributed by atoms with E-state index in [4.69, 9.17) is 9.84 Å². The van der Waals surface area contributed by atoms with Gasteiger partial charge in [0, 0.05) is 6.20 Å². The van der Waals surface area contributed by atoms with Gasteiger partial charge in [-0.2, -0.15) is 0 Å². The fourth-order valence-electron chi connectivity index (χ4n) is 2.10. The van der Waals surface area contributed by atoms with Crippen LogP contribution < -0.4 is 11.2 Å². The summed E-state index contributed by atoms with van der Waals surface area (Å²) in [6.07, 6.45) is -0.494. The Kier molecular flexibility index (Phi) is 4.19. The van der Waals surface area contributed by atoms with Crippen molar-refractivity contribution in [3.63, 3.8) is 0 Å². The van der Waals surface area contributed by atoms with Crippen LogP contribution in [0.5, 0.6) is 0 Å². The molecule has 1 aromatic heterocycles. The fraction of sp³-hybridized carbons (Fsp3) is 0.500. The summed E-state index contributed by atoms with van der Waals surface area (Å²) in [5, 5.41) is 28.6. The fourth-order valence-corrected chi connectivity index (χ4v) is 2.10. The monoisotopic (exact) mass is 284 g/mol. The van der Waals surface area contributed by atoms with Gasteiger partial charge in [0.2, 0.25) is 0 Å². The Morgan fingerprint density at radius 3 is 2.65 bits per heavy atom. The zero-order chi connectivity index (χ0) is 14.9. The number of aromatic amines is 1. The second-order valence-corrected chi connectivity index (χ2v) is 4.48. The Labute approximate surface area is 113 Å². The average Bonchev–Trinajstić information content (AvgIpc) is 2.70. The van der Waals surface area contributed by atoms with Crippen LogP contribution in [0, 0.1) is 0 Å². The largest absolute Gasteiger partial charge is 0.394 e. The van der Waals surface area contributed by atoms with Gasteiger partial charge in [-0.15, -0.1) is 0 Å². The maximum atomic E-state index is 11.8. The van der Waals surface area contributed by atoms with Crippen molar-refractivity contribution in [1.29, 1.82) is 0 Å². The molecule has 0 radical (unpaired) electrons. The van der Waals surface area contributed by atoms with E-state index in [-0.39, 0.29) is 5.56 Å². The van der Waals surface area contributed by atoms with Gasteiger partial charge in [-0.1, -0.05) is 12.2 Å². The number of rotatable bonds is 3. The van der Waals surface area contributed by atoms with Crippen LogP contribution in [0.15, 0.2) is 21.9 Å². The molecule has 4 N–H and O–H groups in total. The van der Waals surface area contributed by atoms with Crippen LogP contribution in [0.1, 0.15) is 18.7 Å². The predicted octanol–water partition coefficient (Wildman–Crippen LogP) is -1.82. The molecule has 8 nitrogen and oxygen atoms in total. The Bertz CT molecular complexity index is 619. The molecule has 0 bridgehead atoms. The summed E-state index contributed by atoms with van der Waals surface area (Å²) >= 11 is 0. The minimum atomic E-state index is -1.38. The molecule has 2 rings (SSSR count). The van der Waals surface area contributed by atoms with Gasteiger partial charge in [0.05, 0.1) is 12.2 Å². The molecule has 1 aromatic rings. The first-order valence-corrected chi connectivity index (χ1v) is 6.10. The molecule has 0 unspecified atom stereocenters. The third-order valence-corrected chi connectivity index (χ3v) is 3.13. The molecule has 2 heterocycles. The second-order valence-electron chi connectivity index (χ2n) is 4.48. The molecule has 8 heteroatoms. The van der Waals surface area contributed by atoms with Crippen LogP contribution in [-0.4, -0.2) is 49.8 Å². The van der Waals surface area contributed by atoms with Crippen LogP contribution in [-0.2, 0) is 4.74 Å². The molecule has 0 aliphatic carbocycles. The Hall–Kier alpha value is -1.74. The lowest BCUT2D eigenvalue weighted by Crippen LogP contribution is -2.38. The molecule has 1 aliphatic heterocycles. The Morgan fingerprint density at radius 2 is 2.10 bits per heavy atom. The van der Waals surface area contributed by atoms with Gasteiger partial charge in [0.15, 0.2) is 6.23 Å². The zero-order valence-corrected chi connectivity index (χ0v) is 10.8. The number of aromatic nitrogens is 2. The molecule has 20 heavy (non-hydrogen) atoms. The molecule has 0 amide bonds. The number of hydrogen-bond donors (Lipinski definition) is 4. The summed E-state index contributed by atoms with van der Waals surface area (Å²) in [5.41, 5.74) is -1.11. The standard InChI is InChI=1S/C12H16N2O6/c1-2-3-6-4-14(12(19)13-10(6)18)11-9(17)8(16)7(5-15)20-11/h2-4,7-9,11,15-17H,5H2,1H3,(H,13,18,19)/b3-2+/t7-,8-,9+,11-/m1/s1. The maximum Gasteiger partial charge on any atom is 0.330 e. The molecule has 1 fully saturated rings. The van der Waals surface area contributed by atoms with E-state index in [0.717, 1.165) is 4.57 Å². The number of hydrogen-bond acceptors (Lipinski definition) is 6. The minimum absolute atomic E-state index is 0.213. The normalized spacial score (nSPS) is 30.2. The number of nitrogens with one attached hydrogen (secondary N) is 1. The van der Waals surface area contributed by atoms with Gasteiger partial charge in [-0.25, -0.2) is 4.79 Å². The van der Waals surface area contributed by atoms with Gasteiger partial charge < -0.3 is 20.1 Å². The van der Waals surface area contributed by atoms with Crippen molar-refractivity contribution in [3.05, 3.63) is 38.7 Å². The highest BCUT2D eigenvalue weighted by molar-refractivity contribution is 5.45. The third-order valence-electron chi connectivity index (χ3n) is 3.13. The average molecular weight is 284 g/mol. The van der Waals surface area contributed by atoms with Crippen LogP contribution in [0.25, 0.3) is 6.08 Å². The lowest BCUT2D eigenvalue weighted by Gasteiger charge is -2.17. The van der Waals surface area contributed by atoms with Gasteiger partial charge in [-0.3, -0.25) is 14.3 Å². The third kappa shape index (κ3) is 2.46. The highest BCUT2D eigenvalue weighted by Crippen LogP contribution is 2.27. The van der Waals surface area contributed by atoms with Crippen LogP contribution in [0.3, 0.4) is 0 Å². The first-order valence-electron chi connectivity index (χ1n) is 6.10. The van der Waals surface area contributed by atoms with Gasteiger partial charge in [0.1, 0.15) is 18.3 Å². The van der Waals surface area contributed by atoms with Gasteiger partial charge >= 0.3 is 5.69 Å². The van der Waals surface area contributed by atoms with E-state index >= 15 is 0 Å². The quantitative estimate of drug-likeness (QED) is 0.518. The van der Waals surface area contributed by atoms with Crippen molar-refractivity contribution in [2.75, 3.05) is 6.61 Å². The van der Waals surface area contributed by atoms with Crippen molar-refractivity contribution >= 4 is 6.08 Å². The van der Waals surface area contributed by atoms with Crippen molar-refractivity contribution in [2.24, 2.45) is 0 Å². The minimum Gasteiger partial charge on any atom is -0.394 e. The smallest absolute Gasteiger partial charge is 0.330 e. The van der Waals surface area contributed by atoms with Gasteiger partial charge in [0.25, 0.3) is 5.56 Å². The first-order chi connectivity index (χ1) is 9.49. The van der Waals surface area contributed by atoms with E-state index in [9.17, 15) is 19.8 Å². The van der Waals surface area contributed by atoms with Crippen LogP contribution >= 0.6 is 0 Å². The predicted molar refractivity (Wildman–Crippen MR) is 69.0 cm³/mol. The second kappa shape index (κ2) is 5.71. The molecular weight excluding hydrogens is 268 g/mol. The maximum absolute atomic E-state index is 11.8. The van der Waals surface area contributed by atoms with Crippen molar-refractivity contribution in [1.82, 2.24) is 9.55 Å². The lowest BCUT2D eigenvalue weighted by atomic mass is 10.1. The van der Waals surface area contributed by atoms with Crippen molar-refractivity contribution < 1.29 is 20.1 Å². The lowest BCUT2D eigenvalue weighted by molar-refractivity contribution is -0.0550. The summed E-state index contributed by atoms with van der Waals surface area (Å²) < 4.78 is 6.23.